The van der Waals surface area contributed by atoms with Crippen LogP contribution in [0.15, 0.2) is 34.9 Å². The first-order chi connectivity index (χ1) is 20.8. The van der Waals surface area contributed by atoms with E-state index in [1.807, 2.05) is 0 Å². The third-order valence-corrected chi connectivity index (χ3v) is 5.45. The Bertz CT molecular complexity index is 1630. The normalized spacial score (nSPS) is 65.0. The Morgan fingerprint density at radius 3 is 2.38 bits per heavy atom. The van der Waals surface area contributed by atoms with E-state index in [-0.39, 0.29) is 22.7 Å². The number of aliphatic hydroxyl groups is 1. The molecule has 3 fully saturated rings. The van der Waals surface area contributed by atoms with Gasteiger partial charge in [0.05, 0.1) is 47.0 Å². The predicted octanol–water partition coefficient (Wildman–Crippen LogP) is 2.35. The van der Waals surface area contributed by atoms with E-state index in [4.69, 9.17) is 38.3 Å². The molecule has 5 rings (SSSR count). The van der Waals surface area contributed by atoms with Gasteiger partial charge in [0.15, 0.2) is 0 Å². The molecule has 5 nitrogen and oxygen atoms in total. The molecule has 7 heteroatoms. The Morgan fingerprint density at radius 1 is 1.35 bits per heavy atom. The van der Waals surface area contributed by atoms with E-state index in [1.54, 1.807) is 0 Å². The van der Waals surface area contributed by atoms with E-state index in [0.717, 1.165) is 0 Å². The lowest BCUT2D eigenvalue weighted by atomic mass is 9.95. The molecule has 0 aromatic carbocycles. The van der Waals surface area contributed by atoms with Crippen LogP contribution < -0.4 is 0 Å². The van der Waals surface area contributed by atoms with Crippen molar-refractivity contribution >= 4 is 28.6 Å². The van der Waals surface area contributed by atoms with Crippen LogP contribution in [0.5, 0.6) is 0 Å². The minimum absolute atomic E-state index is 0.0673. The third-order valence-electron chi connectivity index (χ3n) is 3.84. The summed E-state index contributed by atoms with van der Waals surface area (Å²) in [6, 6.07) is -12.7. The van der Waals surface area contributed by atoms with E-state index < -0.39 is 118 Å². The number of likely N-dealkylation sites (N-methyl/N-ethyl adjacent to an activating group) is 1. The van der Waals surface area contributed by atoms with E-state index in [0.29, 0.717) is 0 Å². The number of quaternary nitrogens is 1. The van der Waals surface area contributed by atoms with Crippen LogP contribution in [0.2, 0.25) is 0 Å². The molecule has 1 N–H and O–H groups in total. The first-order valence-corrected chi connectivity index (χ1v) is 8.59. The molecule has 0 amide bonds. The first kappa shape index (κ1) is 5.64. The number of hydrogen-bond donors (Lipinski definition) is 1. The zero-order valence-electron chi connectivity index (χ0n) is 33.4. The van der Waals surface area contributed by atoms with Crippen LogP contribution >= 0.6 is 22.7 Å². The van der Waals surface area contributed by atoms with Gasteiger partial charge in [0.1, 0.15) is 30.3 Å². The molecule has 0 saturated carbocycles. The van der Waals surface area contributed by atoms with Crippen LogP contribution in [-0.4, -0.2) is 59.8 Å². The molecule has 3 aliphatic rings. The van der Waals surface area contributed by atoms with Gasteiger partial charge in [-0.25, -0.2) is 4.79 Å². The highest BCUT2D eigenvalue weighted by molar-refractivity contribution is 7.12. The zero-order chi connectivity index (χ0) is 36.5. The first-order valence-electron chi connectivity index (χ1n) is 17.5. The summed E-state index contributed by atoms with van der Waals surface area (Å²) in [5, 5.41) is 10.4. The number of piperidine rings is 1. The van der Waals surface area contributed by atoms with Crippen molar-refractivity contribution in [2.75, 3.05) is 14.0 Å². The third kappa shape index (κ3) is 2.28. The van der Waals surface area contributed by atoms with Crippen molar-refractivity contribution in [2.24, 2.45) is 0 Å². The molecule has 2 aromatic rings. The van der Waals surface area contributed by atoms with E-state index in [1.165, 1.54) is 0 Å². The van der Waals surface area contributed by atoms with Crippen molar-refractivity contribution in [3.63, 3.8) is 0 Å². The maximum Gasteiger partial charge on any atom is 0.349 e. The van der Waals surface area contributed by atoms with Crippen molar-refractivity contribution in [3.05, 3.63) is 44.6 Å². The van der Waals surface area contributed by atoms with Gasteiger partial charge in [-0.2, -0.15) is 0 Å². The van der Waals surface area contributed by atoms with Crippen LogP contribution in [0.4, 0.5) is 0 Å². The number of hydrogen-bond acceptors (Lipinski definition) is 6. The number of thiophene rings is 2. The Morgan fingerprint density at radius 2 is 1.92 bits per heavy atom. The van der Waals surface area contributed by atoms with Crippen LogP contribution in [0.3, 0.4) is 0 Å². The van der Waals surface area contributed by atoms with Gasteiger partial charge in [0.25, 0.3) is 0 Å². The van der Waals surface area contributed by atoms with Crippen molar-refractivity contribution in [1.82, 2.24) is 0 Å². The highest BCUT2D eigenvalue weighted by Crippen LogP contribution is 2.52. The molecule has 0 radical (unpaired) electrons. The number of rotatable bonds is 4. The van der Waals surface area contributed by atoms with E-state index in [9.17, 15) is 9.90 Å². The minimum Gasteiger partial charge on any atom is -0.459 e. The number of esters is 1. The fourth-order valence-electron chi connectivity index (χ4n) is 2.54. The van der Waals surface area contributed by atoms with Crippen molar-refractivity contribution in [3.8, 4) is 0 Å². The van der Waals surface area contributed by atoms with Gasteiger partial charge < -0.3 is 19.1 Å². The quantitative estimate of drug-likeness (QED) is 0.475. The largest absolute Gasteiger partial charge is 0.459 e. The maximum absolute atomic E-state index is 14.1. The van der Waals surface area contributed by atoms with Crippen molar-refractivity contribution in [1.29, 1.82) is 0 Å². The summed E-state index contributed by atoms with van der Waals surface area (Å²) in [7, 11) is 0. The predicted molar refractivity (Wildman–Crippen MR) is 99.1 cm³/mol. The summed E-state index contributed by atoms with van der Waals surface area (Å²) < 4.78 is 183. The van der Waals surface area contributed by atoms with Crippen molar-refractivity contribution in [2.45, 2.75) is 48.6 Å². The second-order valence-corrected chi connectivity index (χ2v) is 7.01. The smallest absolute Gasteiger partial charge is 0.349 e. The van der Waals surface area contributed by atoms with Gasteiger partial charge in [-0.15, -0.1) is 22.7 Å². The fraction of sp³-hybridized carbons (Fsp3) is 0.526. The molecule has 26 heavy (non-hydrogen) atoms. The Hall–Kier alpha value is -1.25. The molecular weight excluding hydrogens is 370 g/mol. The minimum atomic E-state index is -4.56. The molecular formula is C19H22NO4S2+. The Labute approximate surface area is 189 Å². The van der Waals surface area contributed by atoms with E-state index in [2.05, 4.69) is 0 Å². The number of fused-ring (bicyclic) bond motifs is 5. The number of ether oxygens (including phenoxy) is 2. The molecule has 3 saturated heterocycles. The van der Waals surface area contributed by atoms with E-state index >= 15 is 0 Å². The number of nitrogens with zero attached hydrogens (tertiary/aromatic N) is 1. The topological polar surface area (TPSA) is 59.1 Å². The lowest BCUT2D eigenvalue weighted by molar-refractivity contribution is -0.938. The Kier molecular flexibility index (Phi) is 1.22. The number of carbonyl (C=O) groups excluding carboxylic acids is 1. The molecule has 2 aromatic heterocycles. The molecule has 4 unspecified atom stereocenters. The van der Waals surface area contributed by atoms with Gasteiger partial charge in [-0.3, -0.25) is 0 Å². The van der Waals surface area contributed by atoms with Gasteiger partial charge in [0, 0.05) is 18.2 Å². The molecule has 2 bridgehead atoms. The van der Waals surface area contributed by atoms with Crippen molar-refractivity contribution < 1.29 is 52.6 Å². The summed E-state index contributed by atoms with van der Waals surface area (Å²) in [5.74, 6) is -2.40. The molecule has 138 valence electrons. The average molecular weight is 414 g/mol. The second kappa shape index (κ2) is 5.62. The molecule has 5 heterocycles. The number of morpholine rings is 1. The summed E-state index contributed by atoms with van der Waals surface area (Å²) in [5.41, 5.74) is -3.69. The lowest BCUT2D eigenvalue weighted by Crippen LogP contribution is -2.60. The summed E-state index contributed by atoms with van der Waals surface area (Å²) in [6.07, 6.45) is -21.1. The fourth-order valence-corrected chi connectivity index (χ4v) is 3.88. The van der Waals surface area contributed by atoms with Gasteiger partial charge in [-0.1, -0.05) is 12.1 Å². The van der Waals surface area contributed by atoms with Crippen LogP contribution in [-0.2, 0) is 19.9 Å². The monoisotopic (exact) mass is 413 g/mol. The highest BCUT2D eigenvalue weighted by Gasteiger charge is 2.71. The Balaban J connectivity index is 1.85. The number of carbonyl (C=O) groups is 1. The van der Waals surface area contributed by atoms with Gasteiger partial charge >= 0.3 is 5.97 Å². The molecule has 0 aliphatic carbocycles. The second-order valence-electron chi connectivity index (χ2n) is 5.37. The molecule has 3 aliphatic heterocycles. The summed E-state index contributed by atoms with van der Waals surface area (Å²) >= 11 is 0.135. The van der Waals surface area contributed by atoms with Crippen LogP contribution in [0.25, 0.3) is 0 Å². The molecule has 4 atom stereocenters. The molecule has 0 spiro atoms. The maximum atomic E-state index is 14.1. The zero-order valence-corrected chi connectivity index (χ0v) is 14.1. The number of epoxide rings is 1. The standard InChI is InChI=1S/C19H22NO4S2/c1-20(2)12-9-11(10-13(20)17-16(12)24-17)23-18(21)19(22,14-5-3-7-25-14)15-6-4-8-26-15/h3-8,11-13,16-17,22H,9-10H2,1-2H3/q+1/i1D3,2D3,3D,4D,5D,6D,7D,8D,9D2,10D2,11D,12D,13D,16D,17D. The SMILES string of the molecule is [2H]c1sc(C(O)(C(=O)OC2([2H])C([2H])([2H])C3([2H])C4([2H])OC4([2H])C([2H])(C2([2H])[2H])[N+]3(C([2H])([2H])[2H])C([2H])([2H])[2H])c2sc([2H])c([2H])c2[2H])c([2H])c1[2H]. The summed E-state index contributed by atoms with van der Waals surface area (Å²) in [4.78, 5) is 12.1. The van der Waals surface area contributed by atoms with Gasteiger partial charge in [-0.05, 0) is 22.8 Å². The average Bonchev–Trinajstić information content (AvgIpc) is 3.25. The van der Waals surface area contributed by atoms with Crippen LogP contribution in [0, 0.1) is 0 Å². The summed E-state index contributed by atoms with van der Waals surface area (Å²) in [6.45, 7) is -8.64. The van der Waals surface area contributed by atoms with Gasteiger partial charge in [0.2, 0.25) is 5.60 Å². The van der Waals surface area contributed by atoms with Crippen LogP contribution in [0.1, 0.15) is 51.3 Å². The lowest BCUT2D eigenvalue weighted by Gasteiger charge is -2.45. The highest BCUT2D eigenvalue weighted by atomic mass is 32.1.